The lowest BCUT2D eigenvalue weighted by Gasteiger charge is -2.09. The summed E-state index contributed by atoms with van der Waals surface area (Å²) < 4.78 is 5.05. The molecule has 0 aliphatic rings. The zero-order valence-corrected chi connectivity index (χ0v) is 16.3. The number of aromatic nitrogens is 4. The normalized spacial score (nSPS) is 12.5. The van der Waals surface area contributed by atoms with Crippen LogP contribution in [-0.2, 0) is 20.6 Å². The van der Waals surface area contributed by atoms with Gasteiger partial charge in [0.15, 0.2) is 11.2 Å². The Morgan fingerprint density at radius 2 is 2.00 bits per heavy atom. The van der Waals surface area contributed by atoms with Crippen molar-refractivity contribution in [1.29, 1.82) is 0 Å². The fraction of sp³-hybridized carbons (Fsp3) is 0.353. The molecule has 0 saturated carbocycles. The van der Waals surface area contributed by atoms with Crippen molar-refractivity contribution in [1.82, 2.24) is 18.7 Å². The van der Waals surface area contributed by atoms with E-state index in [1.165, 1.54) is 9.13 Å². The van der Waals surface area contributed by atoms with Gasteiger partial charge in [-0.2, -0.15) is 4.98 Å². The van der Waals surface area contributed by atoms with Gasteiger partial charge in [0.25, 0.3) is 5.56 Å². The van der Waals surface area contributed by atoms with Crippen molar-refractivity contribution < 1.29 is 5.11 Å². The quantitative estimate of drug-likeness (QED) is 0.641. The highest BCUT2D eigenvalue weighted by molar-refractivity contribution is 9.10. The standard InChI is InChI=1S/C17H20BrN5O3/c1-10(24)8-19-16-20-14-13(21(16)2)15(25)23(17(26)22(14)3)9-11-5-4-6-12(18)7-11/h4-7,10,24H,8-9H2,1-3H3,(H,19,20)/t10-/m0/s1. The molecule has 0 aliphatic carbocycles. The van der Waals surface area contributed by atoms with Gasteiger partial charge in [0.1, 0.15) is 0 Å². The van der Waals surface area contributed by atoms with Crippen molar-refractivity contribution in [2.45, 2.75) is 19.6 Å². The molecule has 0 bridgehead atoms. The first kappa shape index (κ1) is 18.4. The van der Waals surface area contributed by atoms with Gasteiger partial charge in [-0.1, -0.05) is 28.1 Å². The number of imidazole rings is 1. The van der Waals surface area contributed by atoms with E-state index >= 15 is 0 Å². The van der Waals surface area contributed by atoms with E-state index in [0.717, 1.165) is 10.0 Å². The topological polar surface area (TPSA) is 94.1 Å². The summed E-state index contributed by atoms with van der Waals surface area (Å²) in [4.78, 5) is 30.0. The third-order valence-corrected chi connectivity index (χ3v) is 4.64. The minimum absolute atomic E-state index is 0.169. The lowest BCUT2D eigenvalue weighted by molar-refractivity contribution is 0.208. The molecule has 0 aliphatic heterocycles. The van der Waals surface area contributed by atoms with Crippen molar-refractivity contribution in [2.24, 2.45) is 14.1 Å². The van der Waals surface area contributed by atoms with E-state index in [1.54, 1.807) is 25.6 Å². The molecule has 3 rings (SSSR count). The zero-order valence-electron chi connectivity index (χ0n) is 14.7. The summed E-state index contributed by atoms with van der Waals surface area (Å²) in [5, 5.41) is 12.4. The van der Waals surface area contributed by atoms with E-state index in [9.17, 15) is 14.7 Å². The minimum atomic E-state index is -0.563. The van der Waals surface area contributed by atoms with Crippen LogP contribution in [0.1, 0.15) is 12.5 Å². The van der Waals surface area contributed by atoms with Crippen LogP contribution in [-0.4, -0.2) is 36.4 Å². The second-order valence-electron chi connectivity index (χ2n) is 6.26. The molecule has 2 heterocycles. The van der Waals surface area contributed by atoms with Gasteiger partial charge in [-0.15, -0.1) is 0 Å². The van der Waals surface area contributed by atoms with E-state index in [0.29, 0.717) is 17.1 Å². The highest BCUT2D eigenvalue weighted by Crippen LogP contribution is 2.15. The molecule has 8 nitrogen and oxygen atoms in total. The number of halogens is 1. The van der Waals surface area contributed by atoms with Crippen LogP contribution in [0.3, 0.4) is 0 Å². The number of nitrogens with zero attached hydrogens (tertiary/aromatic N) is 4. The number of aliphatic hydroxyl groups excluding tert-OH is 1. The Bertz CT molecular complexity index is 1080. The fourth-order valence-corrected chi connectivity index (χ4v) is 3.24. The molecule has 0 saturated heterocycles. The summed E-state index contributed by atoms with van der Waals surface area (Å²) >= 11 is 3.40. The van der Waals surface area contributed by atoms with E-state index in [-0.39, 0.29) is 13.1 Å². The summed E-state index contributed by atoms with van der Waals surface area (Å²) in [5.41, 5.74) is 0.648. The number of aryl methyl sites for hydroxylation is 2. The molecule has 0 spiro atoms. The van der Waals surface area contributed by atoms with Crippen LogP contribution in [0.4, 0.5) is 5.95 Å². The predicted octanol–water partition coefficient (Wildman–Crippen LogP) is 1.04. The molecule has 3 aromatic rings. The maximum absolute atomic E-state index is 13.0. The summed E-state index contributed by atoms with van der Waals surface area (Å²) in [5.74, 6) is 0.424. The Hall–Kier alpha value is -2.39. The number of nitrogens with one attached hydrogen (secondary N) is 1. The van der Waals surface area contributed by atoms with Crippen LogP contribution in [0.15, 0.2) is 38.3 Å². The Kier molecular flexibility index (Phi) is 5.01. The minimum Gasteiger partial charge on any atom is -0.392 e. The van der Waals surface area contributed by atoms with Crippen LogP contribution in [0.25, 0.3) is 11.2 Å². The van der Waals surface area contributed by atoms with Crippen LogP contribution in [0.5, 0.6) is 0 Å². The van der Waals surface area contributed by atoms with E-state index in [4.69, 9.17) is 0 Å². The average Bonchev–Trinajstić information content (AvgIpc) is 2.92. The molecule has 26 heavy (non-hydrogen) atoms. The Morgan fingerprint density at radius 3 is 2.65 bits per heavy atom. The SMILES string of the molecule is C[C@H](O)CNc1nc2c(c(=O)n(Cc3cccc(Br)c3)c(=O)n2C)n1C. The van der Waals surface area contributed by atoms with E-state index < -0.39 is 17.4 Å². The molecule has 0 amide bonds. The molecule has 0 fully saturated rings. The van der Waals surface area contributed by atoms with Crippen LogP contribution >= 0.6 is 15.9 Å². The van der Waals surface area contributed by atoms with Crippen molar-refractivity contribution >= 4 is 33.0 Å². The second-order valence-corrected chi connectivity index (χ2v) is 7.18. The predicted molar refractivity (Wildman–Crippen MR) is 104 cm³/mol. The van der Waals surface area contributed by atoms with Gasteiger partial charge in [0.05, 0.1) is 12.6 Å². The van der Waals surface area contributed by atoms with Gasteiger partial charge in [0.2, 0.25) is 5.95 Å². The molecule has 0 unspecified atom stereocenters. The summed E-state index contributed by atoms with van der Waals surface area (Å²) in [6.45, 7) is 2.11. The maximum Gasteiger partial charge on any atom is 0.332 e. The lowest BCUT2D eigenvalue weighted by atomic mass is 10.2. The smallest absolute Gasteiger partial charge is 0.332 e. The fourth-order valence-electron chi connectivity index (χ4n) is 2.80. The largest absolute Gasteiger partial charge is 0.392 e. The molecule has 2 aromatic heterocycles. The number of hydrogen-bond acceptors (Lipinski definition) is 5. The molecule has 1 atom stereocenters. The van der Waals surface area contributed by atoms with Gasteiger partial charge in [0, 0.05) is 25.1 Å². The lowest BCUT2D eigenvalue weighted by Crippen LogP contribution is -2.39. The van der Waals surface area contributed by atoms with Gasteiger partial charge in [-0.3, -0.25) is 13.9 Å². The van der Waals surface area contributed by atoms with E-state index in [2.05, 4.69) is 26.2 Å². The van der Waals surface area contributed by atoms with Crippen molar-refractivity contribution in [2.75, 3.05) is 11.9 Å². The number of anilines is 1. The average molecular weight is 422 g/mol. The summed E-state index contributed by atoms with van der Waals surface area (Å²) in [6, 6.07) is 7.47. The number of rotatable bonds is 5. The highest BCUT2D eigenvalue weighted by Gasteiger charge is 2.18. The van der Waals surface area contributed by atoms with Crippen molar-refractivity contribution in [3.8, 4) is 0 Å². The molecule has 2 N–H and O–H groups in total. The molecule has 1 aromatic carbocycles. The third kappa shape index (κ3) is 3.32. The molecule has 138 valence electrons. The van der Waals surface area contributed by atoms with Gasteiger partial charge < -0.3 is 15.0 Å². The third-order valence-electron chi connectivity index (χ3n) is 4.15. The number of fused-ring (bicyclic) bond motifs is 1. The number of hydrogen-bond donors (Lipinski definition) is 2. The zero-order chi connectivity index (χ0) is 19.0. The Balaban J connectivity index is 2.15. The molecule has 9 heteroatoms. The molecular formula is C17H20BrN5O3. The van der Waals surface area contributed by atoms with E-state index in [1.807, 2.05) is 24.3 Å². The Morgan fingerprint density at radius 1 is 1.27 bits per heavy atom. The monoisotopic (exact) mass is 421 g/mol. The van der Waals surface area contributed by atoms with Crippen LogP contribution in [0.2, 0.25) is 0 Å². The van der Waals surface area contributed by atoms with Gasteiger partial charge in [-0.05, 0) is 24.6 Å². The Labute approximate surface area is 157 Å². The van der Waals surface area contributed by atoms with Crippen molar-refractivity contribution in [3.05, 3.63) is 55.1 Å². The van der Waals surface area contributed by atoms with Gasteiger partial charge in [-0.25, -0.2) is 4.79 Å². The van der Waals surface area contributed by atoms with Crippen LogP contribution in [0, 0.1) is 0 Å². The highest BCUT2D eigenvalue weighted by atomic mass is 79.9. The maximum atomic E-state index is 13.0. The van der Waals surface area contributed by atoms with Gasteiger partial charge >= 0.3 is 5.69 Å². The first-order chi connectivity index (χ1) is 12.3. The van der Waals surface area contributed by atoms with Crippen molar-refractivity contribution in [3.63, 3.8) is 0 Å². The molecular weight excluding hydrogens is 402 g/mol. The first-order valence-electron chi connectivity index (χ1n) is 8.12. The number of aliphatic hydroxyl groups is 1. The first-order valence-corrected chi connectivity index (χ1v) is 8.91. The van der Waals surface area contributed by atoms with Crippen LogP contribution < -0.4 is 16.6 Å². The molecule has 0 radical (unpaired) electrons. The number of benzene rings is 1. The summed E-state index contributed by atoms with van der Waals surface area (Å²) in [6.07, 6.45) is -0.563. The second kappa shape index (κ2) is 7.08. The summed E-state index contributed by atoms with van der Waals surface area (Å²) in [7, 11) is 3.29.